The lowest BCUT2D eigenvalue weighted by Gasteiger charge is -2.04. The molecule has 2 N–H and O–H groups in total. The van der Waals surface area contributed by atoms with Crippen molar-refractivity contribution in [3.05, 3.63) is 57.8 Å². The van der Waals surface area contributed by atoms with E-state index in [1.165, 1.54) is 36.4 Å². The van der Waals surface area contributed by atoms with Crippen LogP contribution < -0.4 is 0 Å². The first-order valence-corrected chi connectivity index (χ1v) is 9.43. The van der Waals surface area contributed by atoms with Gasteiger partial charge in [0.05, 0.1) is 23.0 Å². The summed E-state index contributed by atoms with van der Waals surface area (Å²) < 4.78 is 54.0. The Kier molecular flexibility index (Phi) is 3.68. The first kappa shape index (κ1) is 15.9. The van der Waals surface area contributed by atoms with Crippen LogP contribution >= 0.6 is 0 Å². The molecule has 0 fully saturated rings. The van der Waals surface area contributed by atoms with Gasteiger partial charge in [0.25, 0.3) is 0 Å². The molecular formula is C14H12O7S2. The molecule has 23 heavy (non-hydrogen) atoms. The van der Waals surface area contributed by atoms with Gasteiger partial charge in [-0.1, -0.05) is 0 Å². The first-order chi connectivity index (χ1) is 10.8. The van der Waals surface area contributed by atoms with Crippen molar-refractivity contribution in [3.8, 4) is 0 Å². The number of sulfone groups is 2. The van der Waals surface area contributed by atoms with Crippen LogP contribution in [0.2, 0.25) is 0 Å². The molecule has 122 valence electrons. The Morgan fingerprint density at radius 1 is 0.739 bits per heavy atom. The van der Waals surface area contributed by atoms with Gasteiger partial charge in [0.2, 0.25) is 19.7 Å². The number of hydrogen-bond acceptors (Lipinski definition) is 7. The third-order valence-corrected chi connectivity index (χ3v) is 7.26. The standard InChI is InChI=1S/C14H12O7S2/c15-7-9-1-5-13(22(9,17)18)11-3-4-12(21-11)14-6-2-10(8-16)23(14,19)20/h1-6,15-16H,7-8H2. The van der Waals surface area contributed by atoms with Gasteiger partial charge in [0, 0.05) is 0 Å². The van der Waals surface area contributed by atoms with E-state index < -0.39 is 32.9 Å². The van der Waals surface area contributed by atoms with E-state index in [2.05, 4.69) is 0 Å². The lowest BCUT2D eigenvalue weighted by molar-refractivity contribution is 0.337. The van der Waals surface area contributed by atoms with Gasteiger partial charge in [0.1, 0.15) is 21.3 Å². The molecule has 0 aliphatic carbocycles. The number of furan rings is 1. The highest BCUT2D eigenvalue weighted by atomic mass is 32.2. The maximum absolute atomic E-state index is 12.1. The molecule has 0 unspecified atom stereocenters. The minimum atomic E-state index is -3.83. The Balaban J connectivity index is 1.96. The van der Waals surface area contributed by atoms with Crippen LogP contribution in [0.25, 0.3) is 9.81 Å². The van der Waals surface area contributed by atoms with Gasteiger partial charge in [-0.2, -0.15) is 0 Å². The summed E-state index contributed by atoms with van der Waals surface area (Å²) in [5.74, 6) is -0.0403. The summed E-state index contributed by atoms with van der Waals surface area (Å²) in [4.78, 5) is -0.581. The van der Waals surface area contributed by atoms with Crippen LogP contribution in [-0.2, 0) is 19.7 Å². The van der Waals surface area contributed by atoms with E-state index in [4.69, 9.17) is 14.6 Å². The van der Waals surface area contributed by atoms with Gasteiger partial charge in [0.15, 0.2) is 0 Å². The van der Waals surface area contributed by atoms with E-state index in [1.54, 1.807) is 0 Å². The number of aliphatic hydroxyl groups is 2. The smallest absolute Gasteiger partial charge is 0.208 e. The maximum Gasteiger partial charge on any atom is 0.208 e. The molecule has 0 spiro atoms. The fourth-order valence-corrected chi connectivity index (χ4v) is 4.93. The summed E-state index contributed by atoms with van der Waals surface area (Å²) in [6.45, 7) is -1.25. The molecule has 2 aliphatic heterocycles. The summed E-state index contributed by atoms with van der Waals surface area (Å²) >= 11 is 0. The average Bonchev–Trinajstić information content (AvgIpc) is 3.13. The third-order valence-electron chi connectivity index (χ3n) is 3.51. The van der Waals surface area contributed by atoms with Crippen LogP contribution in [-0.4, -0.2) is 40.3 Å². The normalized spacial score (nSPS) is 21.7. The van der Waals surface area contributed by atoms with E-state index >= 15 is 0 Å². The zero-order chi connectivity index (χ0) is 16.8. The van der Waals surface area contributed by atoms with Crippen molar-refractivity contribution in [1.82, 2.24) is 0 Å². The van der Waals surface area contributed by atoms with E-state index in [9.17, 15) is 16.8 Å². The largest absolute Gasteiger partial charge is 0.455 e. The van der Waals surface area contributed by atoms with Gasteiger partial charge in [-0.15, -0.1) is 0 Å². The molecular weight excluding hydrogens is 344 g/mol. The van der Waals surface area contributed by atoms with Crippen LogP contribution in [0.15, 0.2) is 50.7 Å². The molecule has 9 heteroatoms. The molecule has 0 saturated heterocycles. The highest BCUT2D eigenvalue weighted by molar-refractivity contribution is 8.04. The molecule has 1 aromatic heterocycles. The second-order valence-corrected chi connectivity index (χ2v) is 8.76. The fraction of sp³-hybridized carbons (Fsp3) is 0.143. The molecule has 0 saturated carbocycles. The Hall–Kier alpha value is -1.94. The predicted molar refractivity (Wildman–Crippen MR) is 82.8 cm³/mol. The van der Waals surface area contributed by atoms with Crippen LogP contribution in [0.1, 0.15) is 11.5 Å². The van der Waals surface area contributed by atoms with E-state index in [0.29, 0.717) is 0 Å². The van der Waals surface area contributed by atoms with Crippen molar-refractivity contribution in [2.24, 2.45) is 0 Å². The highest BCUT2D eigenvalue weighted by Gasteiger charge is 2.33. The van der Waals surface area contributed by atoms with Crippen LogP contribution in [0.4, 0.5) is 0 Å². The lowest BCUT2D eigenvalue weighted by Crippen LogP contribution is -2.06. The second-order valence-electron chi connectivity index (χ2n) is 4.81. The molecule has 3 heterocycles. The number of aliphatic hydroxyl groups excluding tert-OH is 2. The molecule has 0 amide bonds. The molecule has 0 bridgehead atoms. The molecule has 0 radical (unpaired) electrons. The van der Waals surface area contributed by atoms with Crippen molar-refractivity contribution in [2.75, 3.05) is 13.2 Å². The molecule has 1 aromatic rings. The Morgan fingerprint density at radius 2 is 1.13 bits per heavy atom. The predicted octanol–water partition coefficient (Wildman–Crippen LogP) is 0.571. The fourth-order valence-electron chi connectivity index (χ4n) is 2.29. The third kappa shape index (κ3) is 2.32. The van der Waals surface area contributed by atoms with Crippen molar-refractivity contribution >= 4 is 29.5 Å². The highest BCUT2D eigenvalue weighted by Crippen LogP contribution is 2.37. The van der Waals surface area contributed by atoms with Crippen LogP contribution in [0.5, 0.6) is 0 Å². The zero-order valence-electron chi connectivity index (χ0n) is 11.6. The van der Waals surface area contributed by atoms with Crippen LogP contribution in [0, 0.1) is 0 Å². The maximum atomic E-state index is 12.1. The van der Waals surface area contributed by atoms with E-state index in [0.717, 1.165) is 0 Å². The van der Waals surface area contributed by atoms with E-state index in [1.807, 2.05) is 0 Å². The van der Waals surface area contributed by atoms with Gasteiger partial charge in [-0.05, 0) is 36.4 Å². The molecule has 7 nitrogen and oxygen atoms in total. The minimum absolute atomic E-state index is 0.0201. The lowest BCUT2D eigenvalue weighted by atomic mass is 10.3. The molecule has 0 aromatic carbocycles. The van der Waals surface area contributed by atoms with Gasteiger partial charge >= 0.3 is 0 Å². The van der Waals surface area contributed by atoms with Crippen molar-refractivity contribution < 1.29 is 31.5 Å². The van der Waals surface area contributed by atoms with Crippen molar-refractivity contribution in [1.29, 1.82) is 0 Å². The quantitative estimate of drug-likeness (QED) is 0.809. The van der Waals surface area contributed by atoms with Gasteiger partial charge < -0.3 is 14.6 Å². The van der Waals surface area contributed by atoms with Crippen molar-refractivity contribution in [2.45, 2.75) is 0 Å². The molecule has 3 rings (SSSR count). The minimum Gasteiger partial charge on any atom is -0.455 e. The topological polar surface area (TPSA) is 122 Å². The first-order valence-electron chi connectivity index (χ1n) is 6.46. The van der Waals surface area contributed by atoms with Gasteiger partial charge in [-0.3, -0.25) is 0 Å². The monoisotopic (exact) mass is 356 g/mol. The number of allylic oxidation sites excluding steroid dienone is 4. The number of hydrogen-bond donors (Lipinski definition) is 2. The Bertz CT molecular complexity index is 919. The summed E-state index contributed by atoms with van der Waals surface area (Å²) in [7, 11) is -7.66. The Labute approximate surface area is 132 Å². The summed E-state index contributed by atoms with van der Waals surface area (Å²) in [6.07, 6.45) is 5.12. The molecule has 2 aliphatic rings. The van der Waals surface area contributed by atoms with Gasteiger partial charge in [-0.25, -0.2) is 16.8 Å². The van der Waals surface area contributed by atoms with Crippen LogP contribution in [0.3, 0.4) is 0 Å². The zero-order valence-corrected chi connectivity index (χ0v) is 13.3. The molecule has 0 atom stereocenters. The summed E-state index contributed by atoms with van der Waals surface area (Å²) in [5, 5.41) is 18.1. The van der Waals surface area contributed by atoms with Crippen molar-refractivity contribution in [3.63, 3.8) is 0 Å². The number of rotatable bonds is 4. The summed E-state index contributed by atoms with van der Waals surface area (Å²) in [5.41, 5.74) is 0. The Morgan fingerprint density at radius 3 is 1.43 bits per heavy atom. The van der Waals surface area contributed by atoms with E-state index in [-0.39, 0.29) is 31.1 Å². The SMILES string of the molecule is O=S1(=O)C(CO)=CC=C1c1ccc(C2=CC=C(CO)S2(=O)=O)o1. The average molecular weight is 356 g/mol. The second kappa shape index (κ2) is 5.31. The summed E-state index contributed by atoms with van der Waals surface area (Å²) in [6, 6.07) is 2.69.